The molecule has 10 heteroatoms. The molecule has 1 unspecified atom stereocenters. The van der Waals surface area contributed by atoms with Crippen LogP contribution in [0.15, 0.2) is 73.1 Å². The van der Waals surface area contributed by atoms with E-state index in [9.17, 15) is 9.59 Å². The number of methoxy groups -OCH3 is 2. The summed E-state index contributed by atoms with van der Waals surface area (Å²) in [4.78, 5) is 36.6. The Bertz CT molecular complexity index is 1400. The van der Waals surface area contributed by atoms with Crippen LogP contribution in [-0.4, -0.2) is 64.6 Å². The lowest BCUT2D eigenvalue weighted by Gasteiger charge is -2.45. The molecule has 2 aromatic carbocycles. The molecule has 1 saturated heterocycles. The fraction of sp³-hybridized carbons (Fsp3) is 0.375. The van der Waals surface area contributed by atoms with Crippen molar-refractivity contribution in [3.63, 3.8) is 0 Å². The second-order valence-electron chi connectivity index (χ2n) is 10.7. The molecular weight excluding hydrogens is 550 g/mol. The van der Waals surface area contributed by atoms with Crippen molar-refractivity contribution in [1.29, 1.82) is 0 Å². The van der Waals surface area contributed by atoms with Crippen molar-refractivity contribution in [3.05, 3.63) is 84.2 Å². The maximum Gasteiger partial charge on any atom is 0.250 e. The molecule has 2 heterocycles. The predicted molar refractivity (Wildman–Crippen MR) is 165 cm³/mol. The summed E-state index contributed by atoms with van der Waals surface area (Å²) in [5, 5.41) is 6.98. The topological polar surface area (TPSA) is 96.0 Å². The Morgan fingerprint density at radius 2 is 1.86 bits per heavy atom. The van der Waals surface area contributed by atoms with E-state index in [-0.39, 0.29) is 30.9 Å². The van der Waals surface area contributed by atoms with E-state index < -0.39 is 5.54 Å². The molecule has 42 heavy (non-hydrogen) atoms. The van der Waals surface area contributed by atoms with Gasteiger partial charge in [0.05, 0.1) is 32.5 Å². The summed E-state index contributed by atoms with van der Waals surface area (Å²) in [6, 6.07) is 19.1. The number of rotatable bonds is 10. The molecule has 0 spiro atoms. The van der Waals surface area contributed by atoms with Gasteiger partial charge in [0.2, 0.25) is 11.8 Å². The molecule has 2 amide bonds. The lowest BCUT2D eigenvalue weighted by atomic mass is 9.78. The van der Waals surface area contributed by atoms with Crippen LogP contribution in [-0.2, 0) is 16.1 Å². The number of amides is 2. The van der Waals surface area contributed by atoms with Gasteiger partial charge in [0.1, 0.15) is 17.0 Å². The third kappa shape index (κ3) is 6.33. The average molecular weight is 588 g/mol. The van der Waals surface area contributed by atoms with Gasteiger partial charge in [0.25, 0.3) is 0 Å². The fourth-order valence-corrected chi connectivity index (χ4v) is 6.18. The molecule has 1 atom stereocenters. The highest BCUT2D eigenvalue weighted by atomic mass is 32.1. The van der Waals surface area contributed by atoms with Crippen LogP contribution < -0.4 is 20.1 Å². The van der Waals surface area contributed by atoms with Crippen molar-refractivity contribution in [2.45, 2.75) is 50.2 Å². The van der Waals surface area contributed by atoms with Crippen LogP contribution in [0.2, 0.25) is 0 Å². The van der Waals surface area contributed by atoms with Gasteiger partial charge in [-0.25, -0.2) is 0 Å². The Morgan fingerprint density at radius 1 is 1.07 bits per heavy atom. The molecule has 0 bridgehead atoms. The smallest absolute Gasteiger partial charge is 0.250 e. The minimum absolute atomic E-state index is 0.00671. The molecule has 1 aliphatic heterocycles. The highest BCUT2D eigenvalue weighted by Gasteiger charge is 2.47. The molecule has 0 radical (unpaired) electrons. The van der Waals surface area contributed by atoms with E-state index in [1.54, 1.807) is 49.7 Å². The van der Waals surface area contributed by atoms with Gasteiger partial charge in [-0.3, -0.25) is 14.6 Å². The predicted octanol–water partition coefficient (Wildman–Crippen LogP) is 4.70. The summed E-state index contributed by atoms with van der Waals surface area (Å²) in [5.74, 6) is 0.719. The minimum Gasteiger partial charge on any atom is -0.497 e. The van der Waals surface area contributed by atoms with Gasteiger partial charge < -0.3 is 29.9 Å². The van der Waals surface area contributed by atoms with Crippen LogP contribution in [0.25, 0.3) is 0 Å². The second-order valence-corrected chi connectivity index (χ2v) is 11.1. The zero-order valence-corrected chi connectivity index (χ0v) is 24.9. The van der Waals surface area contributed by atoms with Crippen LogP contribution in [0.3, 0.4) is 0 Å². The Morgan fingerprint density at radius 3 is 2.55 bits per heavy atom. The van der Waals surface area contributed by atoms with Crippen LogP contribution in [0.1, 0.15) is 49.3 Å². The van der Waals surface area contributed by atoms with E-state index in [0.29, 0.717) is 41.7 Å². The number of anilines is 1. The molecule has 1 saturated carbocycles. The number of nitrogens with one attached hydrogen (secondary N) is 2. The van der Waals surface area contributed by atoms with E-state index in [1.165, 1.54) is 0 Å². The van der Waals surface area contributed by atoms with Gasteiger partial charge in [0.15, 0.2) is 5.11 Å². The Hall–Kier alpha value is -4.18. The number of carbonyl (C=O) groups excluding carboxylic acids is 2. The molecule has 5 rings (SSSR count). The molecule has 220 valence electrons. The highest BCUT2D eigenvalue weighted by molar-refractivity contribution is 7.80. The molecule has 2 aliphatic rings. The third-order valence-corrected chi connectivity index (χ3v) is 8.53. The Balaban J connectivity index is 1.44. The zero-order valence-electron chi connectivity index (χ0n) is 24.0. The van der Waals surface area contributed by atoms with E-state index in [4.69, 9.17) is 21.7 Å². The SMILES string of the molecule is COc1ccc(NC(=O)C2(N(Cc3cccnc3)C(=O)CN3CC(c4ccccc4)NC3=S)CCCCC2)c(OC)c1. The largest absolute Gasteiger partial charge is 0.497 e. The van der Waals surface area contributed by atoms with Gasteiger partial charge in [0, 0.05) is 31.5 Å². The van der Waals surface area contributed by atoms with Gasteiger partial charge in [-0.2, -0.15) is 0 Å². The summed E-state index contributed by atoms with van der Waals surface area (Å²) in [5.41, 5.74) is 1.44. The van der Waals surface area contributed by atoms with E-state index in [2.05, 4.69) is 27.8 Å². The van der Waals surface area contributed by atoms with Crippen LogP contribution in [0.5, 0.6) is 11.5 Å². The number of nitrogens with zero attached hydrogens (tertiary/aromatic N) is 3. The normalized spacial score (nSPS) is 17.7. The first-order valence-electron chi connectivity index (χ1n) is 14.3. The van der Waals surface area contributed by atoms with Crippen molar-refractivity contribution < 1.29 is 19.1 Å². The number of carbonyl (C=O) groups is 2. The van der Waals surface area contributed by atoms with Crippen LogP contribution >= 0.6 is 12.2 Å². The number of pyridine rings is 1. The van der Waals surface area contributed by atoms with Crippen LogP contribution in [0, 0.1) is 0 Å². The number of hydrogen-bond donors (Lipinski definition) is 2. The van der Waals surface area contributed by atoms with E-state index in [1.807, 2.05) is 35.2 Å². The van der Waals surface area contributed by atoms with Gasteiger partial charge in [-0.05, 0) is 54.4 Å². The first kappa shape index (κ1) is 29.3. The summed E-state index contributed by atoms with van der Waals surface area (Å²) in [6.07, 6.45) is 7.24. The fourth-order valence-electron chi connectivity index (χ4n) is 5.90. The molecule has 9 nitrogen and oxygen atoms in total. The lowest BCUT2D eigenvalue weighted by Crippen LogP contribution is -2.61. The van der Waals surface area contributed by atoms with Crippen molar-refractivity contribution >= 4 is 34.8 Å². The zero-order chi connectivity index (χ0) is 29.5. The summed E-state index contributed by atoms with van der Waals surface area (Å²) in [7, 11) is 3.13. The van der Waals surface area contributed by atoms with Gasteiger partial charge in [-0.15, -0.1) is 0 Å². The Labute approximate surface area is 252 Å². The third-order valence-electron chi connectivity index (χ3n) is 8.16. The molecule has 3 aromatic rings. The van der Waals surface area contributed by atoms with E-state index >= 15 is 0 Å². The number of ether oxygens (including phenoxy) is 2. The first-order chi connectivity index (χ1) is 20.4. The monoisotopic (exact) mass is 587 g/mol. The van der Waals surface area contributed by atoms with Crippen molar-refractivity contribution in [3.8, 4) is 11.5 Å². The van der Waals surface area contributed by atoms with Crippen molar-refractivity contribution in [2.75, 3.05) is 32.6 Å². The number of benzene rings is 2. The van der Waals surface area contributed by atoms with Gasteiger partial charge in [-0.1, -0.05) is 55.7 Å². The lowest BCUT2D eigenvalue weighted by molar-refractivity contribution is -0.149. The molecular formula is C32H37N5O4S. The standard InChI is InChI=1S/C32H37N5O4S/c1-40-25-13-14-26(28(18-25)41-2)34-30(39)32(15-7-4-8-16-32)37(20-23-10-9-17-33-19-23)29(38)22-36-21-27(35-31(36)42)24-11-5-3-6-12-24/h3,5-6,9-14,17-19,27H,4,7-8,15-16,20-22H2,1-2H3,(H,34,39)(H,35,42). The first-order valence-corrected chi connectivity index (χ1v) is 14.7. The van der Waals surface area contributed by atoms with Crippen molar-refractivity contribution in [1.82, 2.24) is 20.1 Å². The van der Waals surface area contributed by atoms with Crippen LogP contribution in [0.4, 0.5) is 5.69 Å². The molecule has 2 N–H and O–H groups in total. The van der Waals surface area contributed by atoms with Gasteiger partial charge >= 0.3 is 0 Å². The van der Waals surface area contributed by atoms with Crippen molar-refractivity contribution in [2.24, 2.45) is 0 Å². The minimum atomic E-state index is -1.05. The Kier molecular flexibility index (Phi) is 9.22. The molecule has 1 aliphatic carbocycles. The second kappa shape index (κ2) is 13.2. The molecule has 2 fully saturated rings. The summed E-state index contributed by atoms with van der Waals surface area (Å²) >= 11 is 5.65. The molecule has 1 aromatic heterocycles. The number of aromatic nitrogens is 1. The summed E-state index contributed by atoms with van der Waals surface area (Å²) in [6.45, 7) is 0.893. The number of thiocarbonyl (C=S) groups is 1. The average Bonchev–Trinajstić information content (AvgIpc) is 3.40. The van der Waals surface area contributed by atoms with E-state index in [0.717, 1.165) is 30.4 Å². The maximum atomic E-state index is 14.3. The summed E-state index contributed by atoms with van der Waals surface area (Å²) < 4.78 is 10.9. The maximum absolute atomic E-state index is 14.3. The quantitative estimate of drug-likeness (QED) is 0.330. The highest BCUT2D eigenvalue weighted by Crippen LogP contribution is 2.38. The number of hydrogen-bond acceptors (Lipinski definition) is 6.